The number of alkyl halides is 1. The van der Waals surface area contributed by atoms with E-state index in [1.165, 1.54) is 18.7 Å². The van der Waals surface area contributed by atoms with Crippen LogP contribution >= 0.6 is 0 Å². The molecule has 2 saturated heterocycles. The first kappa shape index (κ1) is 26.6. The number of rotatable bonds is 7. The predicted octanol–water partition coefficient (Wildman–Crippen LogP) is 3.67. The van der Waals surface area contributed by atoms with Crippen molar-refractivity contribution < 1.29 is 17.9 Å². The Hall–Kier alpha value is -3.05. The van der Waals surface area contributed by atoms with E-state index in [1.807, 2.05) is 12.3 Å². The second-order valence-electron chi connectivity index (χ2n) is 11.2. The molecule has 2 atom stereocenters. The van der Waals surface area contributed by atoms with Crippen molar-refractivity contribution in [1.82, 2.24) is 15.0 Å². The average Bonchev–Trinajstić information content (AvgIpc) is 2.82. The molecule has 2 N–H and O–H groups in total. The number of benzene rings is 1. The first-order chi connectivity index (χ1) is 17.9. The van der Waals surface area contributed by atoms with Crippen molar-refractivity contribution >= 4 is 43.9 Å². The second kappa shape index (κ2) is 9.92. The summed E-state index contributed by atoms with van der Waals surface area (Å²) >= 11 is 0. The molecule has 0 radical (unpaired) electrons. The zero-order valence-electron chi connectivity index (χ0n) is 22.2. The van der Waals surface area contributed by atoms with Gasteiger partial charge in [-0.2, -0.15) is 4.98 Å². The fourth-order valence-corrected chi connectivity index (χ4v) is 6.34. The lowest BCUT2D eigenvalue weighted by atomic mass is 9.92. The molecule has 4 heterocycles. The number of piperidine rings is 1. The number of fused-ring (bicyclic) bond motifs is 1. The number of anilines is 4. The van der Waals surface area contributed by atoms with Crippen LogP contribution in [-0.2, 0) is 9.84 Å². The number of hydrogen-bond acceptors (Lipinski definition) is 9. The van der Waals surface area contributed by atoms with Crippen LogP contribution in [0.4, 0.5) is 27.7 Å². The Balaban J connectivity index is 1.38. The highest BCUT2D eigenvalue weighted by atomic mass is 32.2. The SMILES string of the molecule is CC(C)c1ccc(N2CC(CS(C)(=O)=O)C2)c2cnc(Nc3ccnc(N4CC[C@](C)(O)[C@H](F)C4)n3)cc12. The van der Waals surface area contributed by atoms with Gasteiger partial charge in [0.05, 0.1) is 17.9 Å². The number of aliphatic hydroxyl groups is 1. The van der Waals surface area contributed by atoms with E-state index in [2.05, 4.69) is 51.1 Å². The van der Waals surface area contributed by atoms with Gasteiger partial charge >= 0.3 is 0 Å². The van der Waals surface area contributed by atoms with Crippen LogP contribution in [-0.4, -0.2) is 78.4 Å². The highest BCUT2D eigenvalue weighted by Crippen LogP contribution is 2.37. The van der Waals surface area contributed by atoms with Gasteiger partial charge in [0.1, 0.15) is 27.6 Å². The van der Waals surface area contributed by atoms with Gasteiger partial charge in [-0.15, -0.1) is 0 Å². The number of hydrogen-bond donors (Lipinski definition) is 2. The molecule has 2 fully saturated rings. The minimum absolute atomic E-state index is 0.0345. The van der Waals surface area contributed by atoms with Crippen LogP contribution in [0.2, 0.25) is 0 Å². The van der Waals surface area contributed by atoms with Crippen LogP contribution in [0.15, 0.2) is 36.7 Å². The third-order valence-electron chi connectivity index (χ3n) is 7.50. The maximum absolute atomic E-state index is 14.4. The summed E-state index contributed by atoms with van der Waals surface area (Å²) in [6.45, 7) is 7.74. The molecule has 2 aromatic heterocycles. The molecule has 0 saturated carbocycles. The van der Waals surface area contributed by atoms with Crippen molar-refractivity contribution in [1.29, 1.82) is 0 Å². The van der Waals surface area contributed by atoms with Gasteiger partial charge in [0.15, 0.2) is 0 Å². The van der Waals surface area contributed by atoms with Crippen LogP contribution in [0, 0.1) is 5.92 Å². The van der Waals surface area contributed by atoms with E-state index in [4.69, 9.17) is 0 Å². The minimum Gasteiger partial charge on any atom is -0.387 e. The van der Waals surface area contributed by atoms with Crippen molar-refractivity contribution in [3.05, 3.63) is 42.2 Å². The standard InChI is InChI=1S/C27H35FN6O3S/c1-17(2)19-5-6-22(34-13-18(14-34)16-38(4,36)37)21-12-30-25(11-20(19)21)31-24-7-9-29-26(32-24)33-10-8-27(3,35)23(28)15-33/h5-7,9,11-12,17-18,23,35H,8,10,13-16H2,1-4H3,(H,29,30,31,32)/t23-,27+/m1/s1. The van der Waals surface area contributed by atoms with Gasteiger partial charge < -0.3 is 20.2 Å². The number of pyridine rings is 1. The largest absolute Gasteiger partial charge is 0.387 e. The van der Waals surface area contributed by atoms with Crippen LogP contribution in [0.3, 0.4) is 0 Å². The van der Waals surface area contributed by atoms with Gasteiger partial charge in [0, 0.05) is 55.3 Å². The Labute approximate surface area is 223 Å². The molecule has 9 nitrogen and oxygen atoms in total. The molecule has 0 aliphatic carbocycles. The maximum atomic E-state index is 14.4. The summed E-state index contributed by atoms with van der Waals surface area (Å²) in [4.78, 5) is 17.5. The molecule has 11 heteroatoms. The zero-order valence-corrected chi connectivity index (χ0v) is 23.0. The summed E-state index contributed by atoms with van der Waals surface area (Å²) in [6, 6.07) is 8.00. The van der Waals surface area contributed by atoms with E-state index >= 15 is 0 Å². The maximum Gasteiger partial charge on any atom is 0.227 e. The first-order valence-electron chi connectivity index (χ1n) is 13.0. The van der Waals surface area contributed by atoms with E-state index in [1.54, 1.807) is 17.2 Å². The molecule has 1 aromatic carbocycles. The van der Waals surface area contributed by atoms with Crippen molar-refractivity contribution in [2.24, 2.45) is 5.92 Å². The summed E-state index contributed by atoms with van der Waals surface area (Å²) in [5.74, 6) is 2.23. The topological polar surface area (TPSA) is 112 Å². The number of nitrogens with zero attached hydrogens (tertiary/aromatic N) is 5. The third kappa shape index (κ3) is 5.54. The van der Waals surface area contributed by atoms with Crippen molar-refractivity contribution in [2.75, 3.05) is 53.3 Å². The first-order valence-corrected chi connectivity index (χ1v) is 15.0. The van der Waals surface area contributed by atoms with Crippen molar-refractivity contribution in [2.45, 2.75) is 44.9 Å². The number of halogens is 1. The van der Waals surface area contributed by atoms with Gasteiger partial charge in [0.2, 0.25) is 5.95 Å². The zero-order chi connectivity index (χ0) is 27.2. The van der Waals surface area contributed by atoms with Crippen molar-refractivity contribution in [3.63, 3.8) is 0 Å². The summed E-state index contributed by atoms with van der Waals surface area (Å²) in [6.07, 6.45) is 3.69. The highest BCUT2D eigenvalue weighted by molar-refractivity contribution is 7.90. The van der Waals surface area contributed by atoms with E-state index in [0.29, 0.717) is 49.6 Å². The lowest BCUT2D eigenvalue weighted by molar-refractivity contribution is -0.0332. The van der Waals surface area contributed by atoms with Gasteiger partial charge in [0.25, 0.3) is 0 Å². The van der Waals surface area contributed by atoms with E-state index in [9.17, 15) is 17.9 Å². The Kier molecular flexibility index (Phi) is 6.93. The fraction of sp³-hybridized carbons (Fsp3) is 0.519. The molecule has 0 amide bonds. The van der Waals surface area contributed by atoms with Crippen LogP contribution < -0.4 is 15.1 Å². The number of aromatic nitrogens is 3. The molecule has 2 aliphatic heterocycles. The molecular weight excluding hydrogens is 507 g/mol. The smallest absolute Gasteiger partial charge is 0.227 e. The molecule has 0 spiro atoms. The van der Waals surface area contributed by atoms with E-state index < -0.39 is 21.6 Å². The second-order valence-corrected chi connectivity index (χ2v) is 13.4. The Bertz CT molecular complexity index is 1440. The Morgan fingerprint density at radius 3 is 2.58 bits per heavy atom. The lowest BCUT2D eigenvalue weighted by Crippen LogP contribution is -2.52. The van der Waals surface area contributed by atoms with Crippen LogP contribution in [0.25, 0.3) is 10.8 Å². The normalized spacial score (nSPS) is 22.7. The van der Waals surface area contributed by atoms with Crippen LogP contribution in [0.5, 0.6) is 0 Å². The Morgan fingerprint density at radius 1 is 1.13 bits per heavy atom. The summed E-state index contributed by atoms with van der Waals surface area (Å²) in [7, 11) is -2.99. The van der Waals surface area contributed by atoms with Gasteiger partial charge in [-0.25, -0.2) is 22.8 Å². The highest BCUT2D eigenvalue weighted by Gasteiger charge is 2.38. The minimum atomic E-state index is -2.99. The molecule has 38 heavy (non-hydrogen) atoms. The van der Waals surface area contributed by atoms with Crippen LogP contribution in [0.1, 0.15) is 38.7 Å². The fourth-order valence-electron chi connectivity index (χ4n) is 5.28. The van der Waals surface area contributed by atoms with E-state index in [0.717, 1.165) is 16.5 Å². The summed E-state index contributed by atoms with van der Waals surface area (Å²) < 4.78 is 37.8. The molecular formula is C27H35FN6O3S. The molecule has 5 rings (SSSR count). The van der Waals surface area contributed by atoms with Gasteiger partial charge in [-0.1, -0.05) is 19.9 Å². The molecule has 0 bridgehead atoms. The average molecular weight is 543 g/mol. The van der Waals surface area contributed by atoms with E-state index in [-0.39, 0.29) is 18.2 Å². The van der Waals surface area contributed by atoms with Crippen molar-refractivity contribution in [3.8, 4) is 0 Å². The predicted molar refractivity (Wildman–Crippen MR) is 149 cm³/mol. The van der Waals surface area contributed by atoms with Gasteiger partial charge in [-0.05, 0) is 48.4 Å². The lowest BCUT2D eigenvalue weighted by Gasteiger charge is -2.41. The quantitative estimate of drug-likeness (QED) is 0.462. The van der Waals surface area contributed by atoms with Gasteiger partial charge in [-0.3, -0.25) is 0 Å². The molecule has 204 valence electrons. The monoisotopic (exact) mass is 542 g/mol. The summed E-state index contributed by atoms with van der Waals surface area (Å²) in [5.41, 5.74) is 0.915. The molecule has 3 aromatic rings. The molecule has 2 aliphatic rings. The number of nitrogens with one attached hydrogen (secondary N) is 1. The third-order valence-corrected chi connectivity index (χ3v) is 8.57. The molecule has 0 unspecified atom stereocenters. The summed E-state index contributed by atoms with van der Waals surface area (Å²) in [5, 5.41) is 15.5. The number of sulfone groups is 1. The Morgan fingerprint density at radius 2 is 1.89 bits per heavy atom.